The zero-order chi connectivity index (χ0) is 20.4. The number of amides is 1. The molecule has 2 heterocycles. The van der Waals surface area contributed by atoms with Crippen LogP contribution in [0.3, 0.4) is 0 Å². The quantitative estimate of drug-likeness (QED) is 0.743. The molecule has 0 bridgehead atoms. The van der Waals surface area contributed by atoms with Crippen molar-refractivity contribution in [2.45, 2.75) is 20.0 Å². The Kier molecular flexibility index (Phi) is 5.36. The first-order valence-electron chi connectivity index (χ1n) is 9.97. The highest BCUT2D eigenvalue weighted by molar-refractivity contribution is 5.93. The third-order valence-electron chi connectivity index (χ3n) is 5.34. The van der Waals surface area contributed by atoms with Crippen LogP contribution >= 0.6 is 0 Å². The van der Waals surface area contributed by atoms with Gasteiger partial charge in [-0.3, -0.25) is 4.79 Å². The molecule has 0 aliphatic carbocycles. The van der Waals surface area contributed by atoms with Gasteiger partial charge in [0.15, 0.2) is 0 Å². The number of aliphatic hydroxyl groups is 1. The van der Waals surface area contributed by atoms with E-state index in [1.807, 2.05) is 66.4 Å². The summed E-state index contributed by atoms with van der Waals surface area (Å²) in [6.45, 7) is 6.49. The summed E-state index contributed by atoms with van der Waals surface area (Å²) < 4.78 is 1.73. The summed E-state index contributed by atoms with van der Waals surface area (Å²) in [7, 11) is 0. The molecule has 6 heteroatoms. The van der Waals surface area contributed by atoms with Crippen LogP contribution in [0.4, 0.5) is 5.69 Å². The average molecular weight is 390 g/mol. The minimum absolute atomic E-state index is 0.00633. The van der Waals surface area contributed by atoms with Gasteiger partial charge in [-0.2, -0.15) is 5.10 Å². The lowest BCUT2D eigenvalue weighted by atomic mass is 10.1. The number of anilines is 1. The molecular formula is C23H26N4O2. The Bertz CT molecular complexity index is 989. The maximum atomic E-state index is 13.2. The summed E-state index contributed by atoms with van der Waals surface area (Å²) in [5.41, 5.74) is 4.30. The number of hydrogen-bond acceptors (Lipinski definition) is 4. The number of carbonyl (C=O) groups is 1. The highest BCUT2D eigenvalue weighted by Crippen LogP contribution is 2.22. The second-order valence-electron chi connectivity index (χ2n) is 7.47. The number of piperazine rings is 1. The van der Waals surface area contributed by atoms with Crippen molar-refractivity contribution in [1.29, 1.82) is 0 Å². The maximum absolute atomic E-state index is 13.2. The van der Waals surface area contributed by atoms with E-state index in [2.05, 4.69) is 16.1 Å². The lowest BCUT2D eigenvalue weighted by Gasteiger charge is -2.36. The van der Waals surface area contributed by atoms with E-state index in [1.54, 1.807) is 11.6 Å². The van der Waals surface area contributed by atoms with E-state index in [0.29, 0.717) is 18.8 Å². The van der Waals surface area contributed by atoms with Crippen molar-refractivity contribution in [3.63, 3.8) is 0 Å². The van der Waals surface area contributed by atoms with Gasteiger partial charge in [0.05, 0.1) is 17.5 Å². The predicted octanol–water partition coefficient (Wildman–Crippen LogP) is 3.20. The molecule has 6 nitrogen and oxygen atoms in total. The van der Waals surface area contributed by atoms with Crippen LogP contribution in [-0.2, 0) is 0 Å². The third-order valence-corrected chi connectivity index (χ3v) is 5.34. The number of aliphatic hydroxyl groups excluding tert-OH is 1. The van der Waals surface area contributed by atoms with Gasteiger partial charge in [0.25, 0.3) is 5.91 Å². The average Bonchev–Trinajstić information content (AvgIpc) is 3.16. The summed E-state index contributed by atoms with van der Waals surface area (Å²) in [6.07, 6.45) is -0.487. The molecule has 1 N–H and O–H groups in total. The van der Waals surface area contributed by atoms with Crippen molar-refractivity contribution in [2.24, 2.45) is 0 Å². The van der Waals surface area contributed by atoms with Gasteiger partial charge in [0.1, 0.15) is 5.69 Å². The number of benzene rings is 2. The smallest absolute Gasteiger partial charge is 0.272 e. The minimum Gasteiger partial charge on any atom is -0.389 e. The standard InChI is InChI=1S/C23H26N4O2/c1-17-15-22(27(24-17)20-8-4-3-5-9-20)23(29)26-13-11-25(12-14-26)21-10-6-7-19(16-21)18(2)28/h3-10,15-16,18,28H,11-14H2,1-2H3. The lowest BCUT2D eigenvalue weighted by Crippen LogP contribution is -2.49. The van der Waals surface area contributed by atoms with Crippen LogP contribution in [0.1, 0.15) is 34.8 Å². The molecule has 1 atom stereocenters. The molecule has 2 aromatic carbocycles. The molecular weight excluding hydrogens is 364 g/mol. The van der Waals surface area contributed by atoms with Gasteiger partial charge < -0.3 is 14.9 Å². The number of para-hydroxylation sites is 1. The number of rotatable bonds is 4. The summed E-state index contributed by atoms with van der Waals surface area (Å²) in [6, 6.07) is 19.6. The molecule has 150 valence electrons. The first-order valence-corrected chi connectivity index (χ1v) is 9.97. The minimum atomic E-state index is -0.487. The van der Waals surface area contributed by atoms with Gasteiger partial charge in [-0.05, 0) is 49.7 Å². The highest BCUT2D eigenvalue weighted by atomic mass is 16.3. The SMILES string of the molecule is Cc1cc(C(=O)N2CCN(c3cccc(C(C)O)c3)CC2)n(-c2ccccc2)n1. The monoisotopic (exact) mass is 390 g/mol. The molecule has 0 spiro atoms. The summed E-state index contributed by atoms with van der Waals surface area (Å²) in [5, 5.41) is 14.4. The van der Waals surface area contributed by atoms with Gasteiger partial charge in [-0.25, -0.2) is 4.68 Å². The molecule has 1 aliphatic rings. The molecule has 29 heavy (non-hydrogen) atoms. The largest absolute Gasteiger partial charge is 0.389 e. The number of aryl methyl sites for hydroxylation is 1. The van der Waals surface area contributed by atoms with Gasteiger partial charge in [-0.1, -0.05) is 30.3 Å². The Morgan fingerprint density at radius 3 is 2.34 bits per heavy atom. The molecule has 1 unspecified atom stereocenters. The van der Waals surface area contributed by atoms with Crippen molar-refractivity contribution < 1.29 is 9.90 Å². The highest BCUT2D eigenvalue weighted by Gasteiger charge is 2.25. The van der Waals surface area contributed by atoms with Crippen LogP contribution in [0, 0.1) is 6.92 Å². The van der Waals surface area contributed by atoms with Gasteiger partial charge in [-0.15, -0.1) is 0 Å². The van der Waals surface area contributed by atoms with E-state index in [9.17, 15) is 9.90 Å². The molecule has 1 fully saturated rings. The summed E-state index contributed by atoms with van der Waals surface area (Å²) in [5.74, 6) is 0.00633. The topological polar surface area (TPSA) is 61.6 Å². The Balaban J connectivity index is 1.48. The number of aromatic nitrogens is 2. The molecule has 0 saturated carbocycles. The van der Waals surface area contributed by atoms with Gasteiger partial charge in [0, 0.05) is 31.9 Å². The van der Waals surface area contributed by atoms with E-state index in [4.69, 9.17) is 0 Å². The van der Waals surface area contributed by atoms with Crippen LogP contribution in [0.5, 0.6) is 0 Å². The van der Waals surface area contributed by atoms with Crippen LogP contribution in [0.25, 0.3) is 5.69 Å². The molecule has 0 radical (unpaired) electrons. The second-order valence-corrected chi connectivity index (χ2v) is 7.47. The van der Waals surface area contributed by atoms with E-state index >= 15 is 0 Å². The number of hydrogen-bond donors (Lipinski definition) is 1. The molecule has 1 saturated heterocycles. The Morgan fingerprint density at radius 1 is 0.966 bits per heavy atom. The normalized spacial score (nSPS) is 15.4. The van der Waals surface area contributed by atoms with E-state index < -0.39 is 6.10 Å². The number of nitrogens with zero attached hydrogens (tertiary/aromatic N) is 4. The molecule has 1 amide bonds. The maximum Gasteiger partial charge on any atom is 0.272 e. The molecule has 1 aromatic heterocycles. The second kappa shape index (κ2) is 8.09. The Morgan fingerprint density at radius 2 is 1.66 bits per heavy atom. The lowest BCUT2D eigenvalue weighted by molar-refractivity contribution is 0.0737. The van der Waals surface area contributed by atoms with Crippen molar-refractivity contribution in [1.82, 2.24) is 14.7 Å². The fourth-order valence-corrected chi connectivity index (χ4v) is 3.73. The first kappa shape index (κ1) is 19.2. The van der Waals surface area contributed by atoms with Crippen LogP contribution in [0.15, 0.2) is 60.7 Å². The molecule has 1 aliphatic heterocycles. The van der Waals surface area contributed by atoms with Crippen molar-refractivity contribution >= 4 is 11.6 Å². The summed E-state index contributed by atoms with van der Waals surface area (Å²) in [4.78, 5) is 17.4. The summed E-state index contributed by atoms with van der Waals surface area (Å²) >= 11 is 0. The molecule has 4 rings (SSSR count). The molecule has 3 aromatic rings. The Labute approximate surface area is 171 Å². The van der Waals surface area contributed by atoms with Crippen LogP contribution in [0.2, 0.25) is 0 Å². The zero-order valence-electron chi connectivity index (χ0n) is 16.8. The van der Waals surface area contributed by atoms with Crippen molar-refractivity contribution in [3.8, 4) is 5.69 Å². The predicted molar refractivity (Wildman–Crippen MR) is 113 cm³/mol. The van der Waals surface area contributed by atoms with Crippen molar-refractivity contribution in [3.05, 3.63) is 77.6 Å². The number of carbonyl (C=O) groups excluding carboxylic acids is 1. The van der Waals surface area contributed by atoms with E-state index in [-0.39, 0.29) is 5.91 Å². The van der Waals surface area contributed by atoms with Crippen LogP contribution < -0.4 is 4.90 Å². The van der Waals surface area contributed by atoms with Crippen molar-refractivity contribution in [2.75, 3.05) is 31.1 Å². The van der Waals surface area contributed by atoms with Gasteiger partial charge in [0.2, 0.25) is 0 Å². The fourth-order valence-electron chi connectivity index (χ4n) is 3.73. The van der Waals surface area contributed by atoms with E-state index in [1.165, 1.54) is 0 Å². The van der Waals surface area contributed by atoms with E-state index in [0.717, 1.165) is 35.7 Å². The van der Waals surface area contributed by atoms with Crippen LogP contribution in [-0.4, -0.2) is 51.9 Å². The Hall–Kier alpha value is -3.12. The fraction of sp³-hybridized carbons (Fsp3) is 0.304. The third kappa shape index (κ3) is 4.03. The van der Waals surface area contributed by atoms with Gasteiger partial charge >= 0.3 is 0 Å². The first-order chi connectivity index (χ1) is 14.0. The zero-order valence-corrected chi connectivity index (χ0v) is 16.8.